The lowest BCUT2D eigenvalue weighted by Crippen LogP contribution is -2.43. The second-order valence-electron chi connectivity index (χ2n) is 8.69. The smallest absolute Gasteiger partial charge is 0.293 e. The summed E-state index contributed by atoms with van der Waals surface area (Å²) < 4.78 is 0. The van der Waals surface area contributed by atoms with Crippen LogP contribution in [-0.2, 0) is 9.78 Å². The van der Waals surface area contributed by atoms with Crippen LogP contribution in [0.25, 0.3) is 0 Å². The Kier molecular flexibility index (Phi) is 7.23. The third kappa shape index (κ3) is 5.20. The van der Waals surface area contributed by atoms with Gasteiger partial charge in [-0.05, 0) is 55.2 Å². The van der Waals surface area contributed by atoms with Crippen LogP contribution in [0.15, 0.2) is 48.8 Å². The molecule has 0 amide bonds. The van der Waals surface area contributed by atoms with Crippen molar-refractivity contribution in [3.63, 3.8) is 0 Å². The van der Waals surface area contributed by atoms with Crippen molar-refractivity contribution in [3.05, 3.63) is 54.4 Å². The average molecular weight is 387 g/mol. The molecule has 1 aromatic rings. The van der Waals surface area contributed by atoms with Crippen LogP contribution in [0.2, 0.25) is 6.04 Å². The van der Waals surface area contributed by atoms with Crippen LogP contribution in [0.4, 0.5) is 0 Å². The summed E-state index contributed by atoms with van der Waals surface area (Å²) in [6.07, 6.45) is 4.13. The van der Waals surface area contributed by atoms with Gasteiger partial charge in [-0.2, -0.15) is 4.89 Å². The molecule has 1 aromatic carbocycles. The molecule has 1 saturated carbocycles. The van der Waals surface area contributed by atoms with Gasteiger partial charge in [0.05, 0.1) is 5.56 Å². The van der Waals surface area contributed by atoms with Gasteiger partial charge in [-0.3, -0.25) is 4.89 Å². The van der Waals surface area contributed by atoms with Crippen LogP contribution in [0.1, 0.15) is 63.7 Å². The lowest BCUT2D eigenvalue weighted by Gasteiger charge is -2.36. The predicted octanol–water partition coefficient (Wildman–Crippen LogP) is 5.51. The zero-order valence-corrected chi connectivity index (χ0v) is 18.3. The molecule has 3 nitrogen and oxygen atoms in total. The fourth-order valence-electron chi connectivity index (χ4n) is 3.91. The maximum Gasteiger partial charge on any atom is 0.373 e. The Hall–Kier alpha value is -1.65. The van der Waals surface area contributed by atoms with E-state index in [1.807, 2.05) is 35.7 Å². The van der Waals surface area contributed by atoms with E-state index >= 15 is 0 Å². The molecule has 0 bridgehead atoms. The molecule has 0 unspecified atom stereocenters. The molecular weight excluding hydrogens is 352 g/mol. The van der Waals surface area contributed by atoms with Gasteiger partial charge in [0, 0.05) is 0 Å². The number of hydrogen-bond donors (Lipinski definition) is 0. The van der Waals surface area contributed by atoms with Crippen molar-refractivity contribution in [2.75, 3.05) is 0 Å². The normalized spacial score (nSPS) is 20.7. The Morgan fingerprint density at radius 3 is 2.11 bits per heavy atom. The second-order valence-corrected chi connectivity index (χ2v) is 12.9. The molecule has 0 aromatic heterocycles. The summed E-state index contributed by atoms with van der Waals surface area (Å²) in [5, 5.41) is 1.20. The summed E-state index contributed by atoms with van der Waals surface area (Å²) in [5.41, 5.74) is 4.90. The zero-order chi connectivity index (χ0) is 20.1. The molecule has 0 saturated heterocycles. The van der Waals surface area contributed by atoms with E-state index < -0.39 is 14.0 Å². The molecule has 2 rings (SSSR count). The van der Waals surface area contributed by atoms with Crippen molar-refractivity contribution < 1.29 is 14.6 Å². The van der Waals surface area contributed by atoms with Gasteiger partial charge in [-0.15, -0.1) is 13.2 Å². The number of benzene rings is 1. The van der Waals surface area contributed by atoms with E-state index in [1.165, 1.54) is 5.19 Å². The Labute approximate surface area is 165 Å². The van der Waals surface area contributed by atoms with E-state index in [1.54, 1.807) is 0 Å². The molecule has 1 aliphatic carbocycles. The molecule has 0 radical (unpaired) electrons. The van der Waals surface area contributed by atoms with Gasteiger partial charge in [0.15, 0.2) is 0 Å². The number of rotatable bonds is 7. The SMILES string of the molecule is C=C[Si](C=C)(CC)c1ccc(C(=O)OOC2CCC(C(C)(C)C)CC2)cc1. The number of carbonyl (C=O) groups excluding carboxylic acids is 1. The summed E-state index contributed by atoms with van der Waals surface area (Å²) in [6.45, 7) is 17.0. The van der Waals surface area contributed by atoms with Crippen LogP contribution in [0.3, 0.4) is 0 Å². The van der Waals surface area contributed by atoms with Crippen molar-refractivity contribution in [2.24, 2.45) is 11.3 Å². The molecule has 1 aliphatic rings. The molecule has 0 N–H and O–H groups in total. The maximum absolute atomic E-state index is 12.3. The van der Waals surface area contributed by atoms with Gasteiger partial charge in [-0.25, -0.2) is 4.79 Å². The second kappa shape index (κ2) is 9.02. The Morgan fingerprint density at radius 1 is 1.11 bits per heavy atom. The van der Waals surface area contributed by atoms with Gasteiger partial charge in [0.25, 0.3) is 0 Å². The predicted molar refractivity (Wildman–Crippen MR) is 114 cm³/mol. The maximum atomic E-state index is 12.3. The monoisotopic (exact) mass is 386 g/mol. The zero-order valence-electron chi connectivity index (χ0n) is 17.3. The van der Waals surface area contributed by atoms with Crippen LogP contribution >= 0.6 is 0 Å². The van der Waals surface area contributed by atoms with E-state index in [0.29, 0.717) is 16.9 Å². The van der Waals surface area contributed by atoms with Crippen molar-refractivity contribution in [1.29, 1.82) is 0 Å². The quantitative estimate of drug-likeness (QED) is 0.352. The van der Waals surface area contributed by atoms with E-state index in [0.717, 1.165) is 31.7 Å². The van der Waals surface area contributed by atoms with Gasteiger partial charge < -0.3 is 0 Å². The third-order valence-corrected chi connectivity index (χ3v) is 10.2. The largest absolute Gasteiger partial charge is 0.373 e. The first kappa shape index (κ1) is 21.6. The minimum atomic E-state index is -1.87. The van der Waals surface area contributed by atoms with Crippen LogP contribution in [0.5, 0.6) is 0 Å². The first-order valence-electron chi connectivity index (χ1n) is 10.0. The molecule has 0 atom stereocenters. The summed E-state index contributed by atoms with van der Waals surface area (Å²) in [7, 11) is -1.87. The van der Waals surface area contributed by atoms with E-state index in [-0.39, 0.29) is 6.10 Å². The Bertz CT molecular complexity index is 641. The van der Waals surface area contributed by atoms with Crippen molar-refractivity contribution in [1.82, 2.24) is 0 Å². The number of carbonyl (C=O) groups is 1. The fourth-order valence-corrected chi connectivity index (χ4v) is 6.32. The molecule has 0 heterocycles. The minimum absolute atomic E-state index is 0.00787. The van der Waals surface area contributed by atoms with Gasteiger partial charge >= 0.3 is 5.97 Å². The standard InChI is InChI=1S/C23H34O3Si/c1-7-27(8-2,9-3)21-16-10-18(11-17-21)22(24)26-25-20-14-12-19(13-15-20)23(4,5)6/h7-8,10-11,16-17,19-20H,1-2,9,12-15H2,3-6H3. The summed E-state index contributed by atoms with van der Waals surface area (Å²) in [6, 6.07) is 8.60. The minimum Gasteiger partial charge on any atom is -0.293 e. The lowest BCUT2D eigenvalue weighted by atomic mass is 9.72. The molecule has 1 fully saturated rings. The highest BCUT2D eigenvalue weighted by Gasteiger charge is 2.31. The highest BCUT2D eigenvalue weighted by Crippen LogP contribution is 2.38. The van der Waals surface area contributed by atoms with E-state index in [9.17, 15) is 4.79 Å². The van der Waals surface area contributed by atoms with E-state index in [4.69, 9.17) is 9.78 Å². The summed E-state index contributed by atoms with van der Waals surface area (Å²) >= 11 is 0. The van der Waals surface area contributed by atoms with Crippen molar-refractivity contribution in [3.8, 4) is 0 Å². The van der Waals surface area contributed by atoms with Gasteiger partial charge in [0.1, 0.15) is 14.2 Å². The topological polar surface area (TPSA) is 35.5 Å². The molecule has 27 heavy (non-hydrogen) atoms. The van der Waals surface area contributed by atoms with Gasteiger partial charge in [-0.1, -0.05) is 56.4 Å². The summed E-state index contributed by atoms with van der Waals surface area (Å²) in [5.74, 6) is 0.277. The van der Waals surface area contributed by atoms with E-state index in [2.05, 4.69) is 40.9 Å². The third-order valence-electron chi connectivity index (χ3n) is 6.13. The number of hydrogen-bond acceptors (Lipinski definition) is 3. The van der Waals surface area contributed by atoms with Crippen LogP contribution < -0.4 is 5.19 Å². The highest BCUT2D eigenvalue weighted by molar-refractivity contribution is 6.99. The van der Waals surface area contributed by atoms with Crippen LogP contribution in [0, 0.1) is 11.3 Å². The van der Waals surface area contributed by atoms with Crippen molar-refractivity contribution in [2.45, 2.75) is 65.5 Å². The average Bonchev–Trinajstić information content (AvgIpc) is 2.68. The lowest BCUT2D eigenvalue weighted by molar-refractivity contribution is -0.281. The molecular formula is C23H34O3Si. The Morgan fingerprint density at radius 2 is 1.67 bits per heavy atom. The summed E-state index contributed by atoms with van der Waals surface area (Å²) in [4.78, 5) is 22.9. The molecule has 148 valence electrons. The molecule has 0 aliphatic heterocycles. The van der Waals surface area contributed by atoms with Gasteiger partial charge in [0.2, 0.25) is 0 Å². The Balaban J connectivity index is 1.90. The molecule has 4 heteroatoms. The van der Waals surface area contributed by atoms with Crippen LogP contribution in [-0.4, -0.2) is 20.1 Å². The molecule has 0 spiro atoms. The fraction of sp³-hybridized carbons (Fsp3) is 0.522. The highest BCUT2D eigenvalue weighted by atomic mass is 28.3. The van der Waals surface area contributed by atoms with Crippen molar-refractivity contribution >= 4 is 19.2 Å². The first-order chi connectivity index (χ1) is 12.8. The first-order valence-corrected chi connectivity index (χ1v) is 12.4.